The number of esters is 1. The third-order valence-electron chi connectivity index (χ3n) is 17.6. The highest BCUT2D eigenvalue weighted by Crippen LogP contribution is 2.20. The number of nitrogens with one attached hydrogen (secondary N) is 1. The predicted molar refractivity (Wildman–Crippen MR) is 352 cm³/mol. The van der Waals surface area contributed by atoms with Crippen molar-refractivity contribution in [3.05, 3.63) is 12.2 Å². The lowest BCUT2D eigenvalue weighted by atomic mass is 10.0. The van der Waals surface area contributed by atoms with Gasteiger partial charge in [0.15, 0.2) is 0 Å². The minimum absolute atomic E-state index is 0.0240. The SMILES string of the molecule is CCCCCCCCCCCCCCCCC/C=C/C(O)C(CO)NC(=O)CCCCCCCCCCCCCCCCCCCCCCCCCCCCCCOC(=O)CCCCCCCCCCCCCCCCCCCC. The van der Waals surface area contributed by atoms with E-state index in [1.54, 1.807) is 6.08 Å². The van der Waals surface area contributed by atoms with E-state index in [-0.39, 0.29) is 18.5 Å². The van der Waals surface area contributed by atoms with Gasteiger partial charge in [-0.3, -0.25) is 9.59 Å². The van der Waals surface area contributed by atoms with E-state index in [0.29, 0.717) is 19.4 Å². The molecule has 0 radical (unpaired) electrons. The highest BCUT2D eigenvalue weighted by Gasteiger charge is 2.18. The van der Waals surface area contributed by atoms with Crippen LogP contribution in [0.2, 0.25) is 0 Å². The quantitative estimate of drug-likeness (QED) is 0.0320. The summed E-state index contributed by atoms with van der Waals surface area (Å²) in [6.07, 6.45) is 87.4. The van der Waals surface area contributed by atoms with Crippen LogP contribution in [0.5, 0.6) is 0 Å². The van der Waals surface area contributed by atoms with Gasteiger partial charge in [0.25, 0.3) is 0 Å². The molecule has 0 aromatic heterocycles. The normalized spacial score (nSPS) is 12.5. The van der Waals surface area contributed by atoms with Crippen molar-refractivity contribution in [1.82, 2.24) is 5.32 Å². The maximum absolute atomic E-state index is 12.5. The molecule has 0 fully saturated rings. The lowest BCUT2D eigenvalue weighted by Gasteiger charge is -2.20. The van der Waals surface area contributed by atoms with E-state index in [2.05, 4.69) is 19.2 Å². The summed E-state index contributed by atoms with van der Waals surface area (Å²) < 4.78 is 5.52. The second kappa shape index (κ2) is 70.1. The Morgan fingerprint density at radius 3 is 0.850 bits per heavy atom. The first kappa shape index (κ1) is 78.6. The number of hydrogen-bond acceptors (Lipinski definition) is 5. The first-order valence-corrected chi connectivity index (χ1v) is 37.0. The van der Waals surface area contributed by atoms with Crippen LogP contribution >= 0.6 is 0 Å². The number of carbonyl (C=O) groups is 2. The number of unbranched alkanes of at least 4 members (excludes halogenated alkanes) is 59. The van der Waals surface area contributed by atoms with Crippen molar-refractivity contribution >= 4 is 11.9 Å². The predicted octanol–water partition coefficient (Wildman–Crippen LogP) is 23.9. The molecule has 476 valence electrons. The van der Waals surface area contributed by atoms with Crippen LogP contribution in [-0.2, 0) is 14.3 Å². The molecule has 0 aromatic carbocycles. The smallest absolute Gasteiger partial charge is 0.305 e. The van der Waals surface area contributed by atoms with Crippen LogP contribution in [0, 0.1) is 0 Å². The second-order valence-electron chi connectivity index (χ2n) is 25.6. The summed E-state index contributed by atoms with van der Waals surface area (Å²) in [6, 6.07) is -0.625. The number of carbonyl (C=O) groups excluding carboxylic acids is 2. The number of allylic oxidation sites excluding steroid dienone is 1. The van der Waals surface area contributed by atoms with Crippen molar-refractivity contribution in [1.29, 1.82) is 0 Å². The summed E-state index contributed by atoms with van der Waals surface area (Å²) in [7, 11) is 0. The summed E-state index contributed by atoms with van der Waals surface area (Å²) in [6.45, 7) is 4.96. The van der Waals surface area contributed by atoms with Crippen LogP contribution in [0.3, 0.4) is 0 Å². The molecule has 0 aliphatic rings. The number of amides is 1. The van der Waals surface area contributed by atoms with Gasteiger partial charge in [0.1, 0.15) is 0 Å². The first-order valence-electron chi connectivity index (χ1n) is 37.0. The Morgan fingerprint density at radius 2 is 0.575 bits per heavy atom. The molecule has 3 N–H and O–H groups in total. The largest absolute Gasteiger partial charge is 0.466 e. The minimum atomic E-state index is -0.842. The van der Waals surface area contributed by atoms with Crippen LogP contribution < -0.4 is 5.32 Å². The molecular formula is C74H145NO5. The molecular weight excluding hydrogens is 983 g/mol. The van der Waals surface area contributed by atoms with Gasteiger partial charge < -0.3 is 20.3 Å². The van der Waals surface area contributed by atoms with E-state index in [1.165, 1.54) is 360 Å². The van der Waals surface area contributed by atoms with Gasteiger partial charge in [-0.05, 0) is 32.1 Å². The molecule has 0 rings (SSSR count). The molecule has 0 heterocycles. The maximum atomic E-state index is 12.5. The Bertz CT molecular complexity index is 1210. The molecule has 0 bridgehead atoms. The van der Waals surface area contributed by atoms with E-state index >= 15 is 0 Å². The fourth-order valence-corrected chi connectivity index (χ4v) is 11.9. The Morgan fingerprint density at radius 1 is 0.338 bits per heavy atom. The summed E-state index contributed by atoms with van der Waals surface area (Å²) in [5.74, 6) is -0.0370. The van der Waals surface area contributed by atoms with E-state index in [0.717, 1.165) is 38.5 Å². The van der Waals surface area contributed by atoms with Gasteiger partial charge in [0.05, 0.1) is 25.4 Å². The highest BCUT2D eigenvalue weighted by atomic mass is 16.5. The van der Waals surface area contributed by atoms with Crippen LogP contribution in [0.4, 0.5) is 0 Å². The zero-order valence-corrected chi connectivity index (χ0v) is 54.6. The average Bonchev–Trinajstić information content (AvgIpc) is 3.46. The topological polar surface area (TPSA) is 95.9 Å². The van der Waals surface area contributed by atoms with Crippen molar-refractivity contribution in [2.45, 2.75) is 437 Å². The van der Waals surface area contributed by atoms with Crippen molar-refractivity contribution < 1.29 is 24.5 Å². The van der Waals surface area contributed by atoms with Crippen molar-refractivity contribution in [2.24, 2.45) is 0 Å². The van der Waals surface area contributed by atoms with E-state index < -0.39 is 12.1 Å². The summed E-state index contributed by atoms with van der Waals surface area (Å²) >= 11 is 0. The molecule has 0 saturated carbocycles. The summed E-state index contributed by atoms with van der Waals surface area (Å²) in [5.41, 5.74) is 0. The van der Waals surface area contributed by atoms with Crippen LogP contribution in [0.25, 0.3) is 0 Å². The van der Waals surface area contributed by atoms with E-state index in [4.69, 9.17) is 4.74 Å². The van der Waals surface area contributed by atoms with E-state index in [9.17, 15) is 19.8 Å². The highest BCUT2D eigenvalue weighted by molar-refractivity contribution is 5.76. The molecule has 2 atom stereocenters. The van der Waals surface area contributed by atoms with Gasteiger partial charge in [-0.1, -0.05) is 392 Å². The third kappa shape index (κ3) is 65.7. The number of aliphatic hydroxyl groups excluding tert-OH is 2. The number of ether oxygens (including phenoxy) is 1. The monoisotopic (exact) mass is 1130 g/mol. The number of aliphatic hydroxyl groups is 2. The average molecular weight is 1130 g/mol. The fraction of sp³-hybridized carbons (Fsp3) is 0.946. The zero-order valence-electron chi connectivity index (χ0n) is 54.6. The van der Waals surface area contributed by atoms with Crippen LogP contribution in [-0.4, -0.2) is 47.4 Å². The van der Waals surface area contributed by atoms with Gasteiger partial charge in [-0.25, -0.2) is 0 Å². The minimum Gasteiger partial charge on any atom is -0.466 e. The molecule has 6 nitrogen and oxygen atoms in total. The Labute approximate surface area is 501 Å². The Balaban J connectivity index is 3.34. The number of hydrogen-bond donors (Lipinski definition) is 3. The van der Waals surface area contributed by atoms with Gasteiger partial charge in [0, 0.05) is 12.8 Å². The van der Waals surface area contributed by atoms with Gasteiger partial charge >= 0.3 is 5.97 Å². The lowest BCUT2D eigenvalue weighted by molar-refractivity contribution is -0.143. The molecule has 0 aliphatic carbocycles. The lowest BCUT2D eigenvalue weighted by Crippen LogP contribution is -2.45. The molecule has 6 heteroatoms. The third-order valence-corrected chi connectivity index (χ3v) is 17.6. The summed E-state index contributed by atoms with van der Waals surface area (Å²) in [5, 5.41) is 23.2. The molecule has 80 heavy (non-hydrogen) atoms. The Kier molecular flexibility index (Phi) is 68.9. The zero-order chi connectivity index (χ0) is 57.8. The first-order chi connectivity index (χ1) is 39.5. The molecule has 0 saturated heterocycles. The van der Waals surface area contributed by atoms with Crippen molar-refractivity contribution in [3.63, 3.8) is 0 Å². The van der Waals surface area contributed by atoms with Gasteiger partial charge in [0.2, 0.25) is 5.91 Å². The molecule has 2 unspecified atom stereocenters. The summed E-state index contributed by atoms with van der Waals surface area (Å²) in [4.78, 5) is 24.6. The van der Waals surface area contributed by atoms with Crippen molar-refractivity contribution in [3.8, 4) is 0 Å². The van der Waals surface area contributed by atoms with Gasteiger partial charge in [-0.15, -0.1) is 0 Å². The fourth-order valence-electron chi connectivity index (χ4n) is 11.9. The molecule has 0 spiro atoms. The second-order valence-corrected chi connectivity index (χ2v) is 25.6. The van der Waals surface area contributed by atoms with Gasteiger partial charge in [-0.2, -0.15) is 0 Å². The van der Waals surface area contributed by atoms with E-state index in [1.807, 2.05) is 6.08 Å². The van der Waals surface area contributed by atoms with Crippen LogP contribution in [0.1, 0.15) is 425 Å². The molecule has 0 aromatic rings. The van der Waals surface area contributed by atoms with Crippen LogP contribution in [0.15, 0.2) is 12.2 Å². The Hall–Kier alpha value is -1.40. The maximum Gasteiger partial charge on any atom is 0.305 e. The number of rotatable bonds is 70. The standard InChI is InChI=1S/C74H145NO5/c1-3-5-7-9-11-13-15-17-19-21-36-40-44-48-52-56-60-64-68-74(79)80-69-65-61-57-53-49-45-41-37-33-31-29-27-25-23-22-24-26-28-30-32-35-39-43-47-51-55-59-63-67-73(78)75-71(70-76)72(77)66-62-58-54-50-46-42-38-34-20-18-16-14-12-10-8-6-4-2/h62,66,71-72,76-77H,3-61,63-65,67-70H2,1-2H3,(H,75,78)/b66-62+. The molecule has 0 aliphatic heterocycles. The van der Waals surface area contributed by atoms with Crippen molar-refractivity contribution in [2.75, 3.05) is 13.2 Å². The molecule has 1 amide bonds.